The van der Waals surface area contributed by atoms with E-state index in [1.165, 1.54) is 6.20 Å². The van der Waals surface area contributed by atoms with Gasteiger partial charge in [-0.15, -0.1) is 10.2 Å². The van der Waals surface area contributed by atoms with Crippen LogP contribution in [0.15, 0.2) is 18.3 Å². The number of hydrogen-bond acceptors (Lipinski definition) is 7. The number of hydrogen-bond donors (Lipinski definition) is 2. The van der Waals surface area contributed by atoms with Crippen LogP contribution in [-0.2, 0) is 0 Å². The van der Waals surface area contributed by atoms with Gasteiger partial charge >= 0.3 is 5.69 Å². The third-order valence-electron chi connectivity index (χ3n) is 2.31. The molecule has 0 saturated carbocycles. The van der Waals surface area contributed by atoms with Crippen LogP contribution < -0.4 is 5.32 Å². The second-order valence-corrected chi connectivity index (χ2v) is 4.00. The lowest BCUT2D eigenvalue weighted by Gasteiger charge is -2.04. The molecule has 0 aliphatic carbocycles. The number of nitrogens with one attached hydrogen (secondary N) is 2. The van der Waals surface area contributed by atoms with Crippen molar-refractivity contribution in [2.24, 2.45) is 0 Å². The van der Waals surface area contributed by atoms with Crippen molar-refractivity contribution in [1.82, 2.24) is 20.6 Å². The van der Waals surface area contributed by atoms with E-state index in [0.29, 0.717) is 0 Å². The largest absolute Gasteiger partial charge is 0.359 e. The first-order valence-corrected chi connectivity index (χ1v) is 5.64. The van der Waals surface area contributed by atoms with E-state index in [-0.39, 0.29) is 22.1 Å². The highest BCUT2D eigenvalue weighted by atomic mass is 35.5. The number of rotatable bonds is 4. The molecule has 1 aromatic heterocycles. The number of benzene rings is 1. The van der Waals surface area contributed by atoms with Gasteiger partial charge in [-0.1, -0.05) is 11.6 Å². The van der Waals surface area contributed by atoms with Gasteiger partial charge in [0.05, 0.1) is 15.6 Å². The van der Waals surface area contributed by atoms with Crippen LogP contribution in [0.2, 0.25) is 5.02 Å². The average Bonchev–Trinajstić information content (AvgIpc) is 2.96. The highest BCUT2D eigenvalue weighted by Crippen LogP contribution is 2.30. The number of halogens is 2. The van der Waals surface area contributed by atoms with Crippen LogP contribution in [0.4, 0.5) is 15.8 Å². The molecule has 0 atom stereocenters. The molecular weight excluding hydrogens is 305 g/mol. The summed E-state index contributed by atoms with van der Waals surface area (Å²) < 4.78 is 13.5. The van der Waals surface area contributed by atoms with Crippen molar-refractivity contribution < 1.29 is 9.31 Å². The maximum absolute atomic E-state index is 13.5. The van der Waals surface area contributed by atoms with Crippen LogP contribution in [0.1, 0.15) is 5.82 Å². The Bertz CT molecular complexity index is 754. The standard InChI is InChI=1S/C10H5ClFN7O2/c11-6-1-9(19(20)21)7(12)2-8(6)14-4-5(3-13)10-15-17-18-16-10/h1-2,4,14H,(H,15,16,17,18). The minimum absolute atomic E-state index is 0.0126. The summed E-state index contributed by atoms with van der Waals surface area (Å²) in [6.45, 7) is 0. The summed E-state index contributed by atoms with van der Waals surface area (Å²) in [5, 5.41) is 34.6. The highest BCUT2D eigenvalue weighted by Gasteiger charge is 2.17. The summed E-state index contributed by atoms with van der Waals surface area (Å²) in [4.78, 5) is 9.67. The first-order valence-electron chi connectivity index (χ1n) is 5.27. The normalized spacial score (nSPS) is 11.0. The van der Waals surface area contributed by atoms with Crippen LogP contribution >= 0.6 is 11.6 Å². The van der Waals surface area contributed by atoms with Gasteiger partial charge in [0.1, 0.15) is 11.6 Å². The Morgan fingerprint density at radius 2 is 2.38 bits per heavy atom. The SMILES string of the molecule is N#CC(=CNc1cc(F)c([N+](=O)[O-])cc1Cl)c1nn[nH]n1. The minimum atomic E-state index is -1.06. The van der Waals surface area contributed by atoms with E-state index in [9.17, 15) is 14.5 Å². The summed E-state index contributed by atoms with van der Waals surface area (Å²) in [6.07, 6.45) is 1.18. The van der Waals surface area contributed by atoms with Crippen LogP contribution in [0.5, 0.6) is 0 Å². The van der Waals surface area contributed by atoms with Gasteiger partial charge in [0.15, 0.2) is 0 Å². The molecule has 2 rings (SSSR count). The molecule has 1 heterocycles. The Morgan fingerprint density at radius 3 is 2.95 bits per heavy atom. The summed E-state index contributed by atoms with van der Waals surface area (Å²) in [7, 11) is 0. The lowest BCUT2D eigenvalue weighted by atomic mass is 10.2. The molecule has 9 nitrogen and oxygen atoms in total. The Hall–Kier alpha value is -3.06. The zero-order valence-electron chi connectivity index (χ0n) is 10.0. The van der Waals surface area contributed by atoms with Crippen LogP contribution in [0.3, 0.4) is 0 Å². The van der Waals surface area contributed by atoms with Crippen LogP contribution in [0.25, 0.3) is 5.57 Å². The van der Waals surface area contributed by atoms with Crippen molar-refractivity contribution in [2.75, 3.05) is 5.32 Å². The first-order chi connectivity index (χ1) is 10.0. The summed E-state index contributed by atoms with van der Waals surface area (Å²) in [6, 6.07) is 3.52. The number of nitro groups is 1. The zero-order valence-corrected chi connectivity index (χ0v) is 10.8. The molecule has 0 aliphatic rings. The number of nitrogens with zero attached hydrogens (tertiary/aromatic N) is 5. The lowest BCUT2D eigenvalue weighted by molar-refractivity contribution is -0.387. The molecule has 0 bridgehead atoms. The second-order valence-electron chi connectivity index (χ2n) is 3.59. The van der Waals surface area contributed by atoms with Gasteiger partial charge < -0.3 is 5.32 Å². The highest BCUT2D eigenvalue weighted by molar-refractivity contribution is 6.33. The Balaban J connectivity index is 2.30. The van der Waals surface area contributed by atoms with E-state index in [1.807, 2.05) is 0 Å². The number of anilines is 1. The fourth-order valence-electron chi connectivity index (χ4n) is 1.36. The molecule has 0 spiro atoms. The summed E-state index contributed by atoms with van der Waals surface area (Å²) in [5.41, 5.74) is -0.678. The molecule has 0 radical (unpaired) electrons. The zero-order chi connectivity index (χ0) is 15.4. The van der Waals surface area contributed by atoms with E-state index >= 15 is 0 Å². The summed E-state index contributed by atoms with van der Waals surface area (Å²) >= 11 is 5.80. The van der Waals surface area contributed by atoms with E-state index in [4.69, 9.17) is 16.9 Å². The molecule has 11 heteroatoms. The fourth-order valence-corrected chi connectivity index (χ4v) is 1.57. The number of nitro benzene ring substituents is 1. The van der Waals surface area contributed by atoms with E-state index in [0.717, 1.165) is 12.1 Å². The second kappa shape index (κ2) is 5.93. The minimum Gasteiger partial charge on any atom is -0.359 e. The Morgan fingerprint density at radius 1 is 1.62 bits per heavy atom. The predicted molar refractivity (Wildman–Crippen MR) is 69.5 cm³/mol. The molecule has 0 unspecified atom stereocenters. The molecule has 0 aliphatic heterocycles. The molecule has 0 saturated heterocycles. The molecule has 0 amide bonds. The van der Waals surface area contributed by atoms with Gasteiger partial charge in [0.25, 0.3) is 0 Å². The van der Waals surface area contributed by atoms with Gasteiger partial charge in [-0.25, -0.2) is 0 Å². The van der Waals surface area contributed by atoms with Crippen molar-refractivity contribution in [1.29, 1.82) is 5.26 Å². The van der Waals surface area contributed by atoms with Gasteiger partial charge in [-0.2, -0.15) is 14.9 Å². The van der Waals surface area contributed by atoms with Crippen molar-refractivity contribution in [2.45, 2.75) is 0 Å². The molecule has 21 heavy (non-hydrogen) atoms. The van der Waals surface area contributed by atoms with Crippen molar-refractivity contribution in [3.05, 3.63) is 45.1 Å². The quantitative estimate of drug-likeness (QED) is 0.500. The average molecular weight is 310 g/mol. The van der Waals surface area contributed by atoms with Gasteiger partial charge in [0.2, 0.25) is 11.6 Å². The Labute approximate surface area is 121 Å². The van der Waals surface area contributed by atoms with Gasteiger partial charge in [-0.05, 0) is 5.21 Å². The molecule has 2 N–H and O–H groups in total. The molecule has 1 aromatic carbocycles. The van der Waals surface area contributed by atoms with Crippen molar-refractivity contribution in [3.63, 3.8) is 0 Å². The van der Waals surface area contributed by atoms with Crippen LogP contribution in [0, 0.1) is 27.3 Å². The van der Waals surface area contributed by atoms with E-state index in [1.54, 1.807) is 6.07 Å². The van der Waals surface area contributed by atoms with Gasteiger partial charge in [0, 0.05) is 18.3 Å². The topological polar surface area (TPSA) is 133 Å². The van der Waals surface area contributed by atoms with Gasteiger partial charge in [-0.3, -0.25) is 10.1 Å². The summed E-state index contributed by atoms with van der Waals surface area (Å²) in [5.74, 6) is -1.03. The van der Waals surface area contributed by atoms with E-state index < -0.39 is 16.4 Å². The third kappa shape index (κ3) is 3.10. The fraction of sp³-hybridized carbons (Fsp3) is 0. The molecular formula is C10H5ClFN7O2. The number of aromatic nitrogens is 4. The number of H-pyrrole nitrogens is 1. The number of allylic oxidation sites excluding steroid dienone is 1. The first kappa shape index (κ1) is 14.4. The van der Waals surface area contributed by atoms with E-state index in [2.05, 4.69) is 25.9 Å². The maximum atomic E-state index is 13.5. The number of aromatic amines is 1. The monoisotopic (exact) mass is 309 g/mol. The number of nitriles is 1. The smallest absolute Gasteiger partial charge is 0.306 e. The Kier molecular flexibility index (Phi) is 4.05. The maximum Gasteiger partial charge on any atom is 0.306 e. The van der Waals surface area contributed by atoms with Crippen molar-refractivity contribution >= 4 is 28.5 Å². The van der Waals surface area contributed by atoms with Crippen LogP contribution in [-0.4, -0.2) is 25.5 Å². The third-order valence-corrected chi connectivity index (χ3v) is 2.62. The lowest BCUT2D eigenvalue weighted by Crippen LogP contribution is -1.97. The molecule has 106 valence electrons. The number of tetrazole rings is 1. The van der Waals surface area contributed by atoms with Crippen molar-refractivity contribution in [3.8, 4) is 6.07 Å². The molecule has 0 fully saturated rings. The molecule has 2 aromatic rings. The predicted octanol–water partition coefficient (Wildman–Crippen LogP) is 1.88.